The highest BCUT2D eigenvalue weighted by molar-refractivity contribution is 5.83. The van der Waals surface area contributed by atoms with Gasteiger partial charge in [-0.25, -0.2) is 8.78 Å². The number of halogens is 2. The molecule has 1 heterocycles. The molecule has 0 aromatic carbocycles. The van der Waals surface area contributed by atoms with E-state index in [0.29, 0.717) is 25.9 Å². The normalized spacial score (nSPS) is 31.6. The van der Waals surface area contributed by atoms with Gasteiger partial charge in [-0.05, 0) is 12.8 Å². The highest BCUT2D eigenvalue weighted by Crippen LogP contribution is 2.49. The Balaban J connectivity index is 1.88. The Morgan fingerprint density at radius 3 is 2.29 bits per heavy atom. The molecule has 2 fully saturated rings. The second-order valence-electron chi connectivity index (χ2n) is 4.07. The lowest BCUT2D eigenvalue weighted by molar-refractivity contribution is -0.136. The third-order valence-electron chi connectivity index (χ3n) is 2.90. The lowest BCUT2D eigenvalue weighted by atomic mass is 10.1. The van der Waals surface area contributed by atoms with E-state index in [4.69, 9.17) is 0 Å². The first kappa shape index (κ1) is 9.83. The Bertz CT molecular complexity index is 249. The Morgan fingerprint density at radius 2 is 1.86 bits per heavy atom. The maximum Gasteiger partial charge on any atom is 0.260 e. The first-order valence-corrected chi connectivity index (χ1v) is 4.85. The monoisotopic (exact) mass is 205 g/mol. The molecule has 3 nitrogen and oxygen atoms in total. The van der Waals surface area contributed by atoms with E-state index < -0.39 is 17.7 Å². The average Bonchev–Trinajstić information content (AvgIpc) is 2.75. The molecule has 0 aromatic rings. The summed E-state index contributed by atoms with van der Waals surface area (Å²) in [5.74, 6) is -4.30. The Hall–Kier alpha value is -0.710. The van der Waals surface area contributed by atoms with Crippen molar-refractivity contribution in [2.24, 2.45) is 5.92 Å². The molecule has 2 rings (SSSR count). The zero-order valence-electron chi connectivity index (χ0n) is 7.75. The maximum atomic E-state index is 12.6. The maximum absolute atomic E-state index is 12.6. The highest BCUT2D eigenvalue weighted by atomic mass is 19.3. The van der Waals surface area contributed by atoms with Gasteiger partial charge in [0.1, 0.15) is 5.92 Å². The number of piperidine rings is 1. The van der Waals surface area contributed by atoms with Crippen LogP contribution in [0.25, 0.3) is 0 Å². The van der Waals surface area contributed by atoms with Crippen LogP contribution in [0.3, 0.4) is 0 Å². The second-order valence-corrected chi connectivity index (χ2v) is 4.07. The standard InChI is InChI=1S/C9H13F2NO2/c10-9(11)5-7(9)8(14)12-3-1-6(13)2-4-12/h6-7,13H,1-5H2. The molecular weight excluding hydrogens is 192 g/mol. The summed E-state index contributed by atoms with van der Waals surface area (Å²) in [5, 5.41) is 9.18. The van der Waals surface area contributed by atoms with Gasteiger partial charge in [0.2, 0.25) is 5.91 Å². The van der Waals surface area contributed by atoms with Crippen LogP contribution in [-0.2, 0) is 4.79 Å². The Labute approximate surface area is 80.7 Å². The van der Waals surface area contributed by atoms with Crippen LogP contribution in [0, 0.1) is 5.92 Å². The molecule has 1 aliphatic heterocycles. The van der Waals surface area contributed by atoms with Crippen LogP contribution < -0.4 is 0 Å². The minimum atomic E-state index is -2.77. The molecule has 0 spiro atoms. The first-order valence-electron chi connectivity index (χ1n) is 4.85. The van der Waals surface area contributed by atoms with Gasteiger partial charge in [-0.3, -0.25) is 4.79 Å². The highest BCUT2D eigenvalue weighted by Gasteiger charge is 2.62. The molecule has 1 unspecified atom stereocenters. The summed E-state index contributed by atoms with van der Waals surface area (Å²) >= 11 is 0. The van der Waals surface area contributed by atoms with Crippen molar-refractivity contribution in [1.29, 1.82) is 0 Å². The number of aliphatic hydroxyl groups is 1. The Morgan fingerprint density at radius 1 is 1.36 bits per heavy atom. The number of alkyl halides is 2. The summed E-state index contributed by atoms with van der Waals surface area (Å²) in [6.07, 6.45) is 0.331. The lowest BCUT2D eigenvalue weighted by Crippen LogP contribution is -2.41. The number of hydrogen-bond acceptors (Lipinski definition) is 2. The molecule has 2 aliphatic rings. The third-order valence-corrected chi connectivity index (χ3v) is 2.90. The van der Waals surface area contributed by atoms with Gasteiger partial charge in [0, 0.05) is 19.5 Å². The van der Waals surface area contributed by atoms with Crippen LogP contribution in [0.15, 0.2) is 0 Å². The quantitative estimate of drug-likeness (QED) is 0.682. The molecule has 0 aromatic heterocycles. The number of hydrogen-bond donors (Lipinski definition) is 1. The van der Waals surface area contributed by atoms with E-state index in [-0.39, 0.29) is 12.5 Å². The fourth-order valence-electron chi connectivity index (χ4n) is 1.79. The van der Waals surface area contributed by atoms with Crippen molar-refractivity contribution in [3.05, 3.63) is 0 Å². The van der Waals surface area contributed by atoms with Crippen molar-refractivity contribution in [1.82, 2.24) is 4.90 Å². The molecule has 1 N–H and O–H groups in total. The molecule has 0 bridgehead atoms. The predicted octanol–water partition coefficient (Wildman–Crippen LogP) is 0.625. The van der Waals surface area contributed by atoms with E-state index in [9.17, 15) is 18.7 Å². The molecule has 80 valence electrons. The fraction of sp³-hybridized carbons (Fsp3) is 0.889. The molecule has 1 aliphatic carbocycles. The molecule has 1 saturated carbocycles. The zero-order chi connectivity index (χ0) is 10.3. The average molecular weight is 205 g/mol. The van der Waals surface area contributed by atoms with Crippen molar-refractivity contribution < 1.29 is 18.7 Å². The van der Waals surface area contributed by atoms with Crippen molar-refractivity contribution >= 4 is 5.91 Å². The van der Waals surface area contributed by atoms with Crippen LogP contribution in [-0.4, -0.2) is 41.0 Å². The molecule has 1 amide bonds. The van der Waals surface area contributed by atoms with Crippen molar-refractivity contribution in [2.45, 2.75) is 31.3 Å². The van der Waals surface area contributed by atoms with Crippen LogP contribution in [0.1, 0.15) is 19.3 Å². The van der Waals surface area contributed by atoms with Crippen LogP contribution in [0.5, 0.6) is 0 Å². The summed E-state index contributed by atoms with van der Waals surface area (Å²) in [7, 11) is 0. The number of carbonyl (C=O) groups excluding carboxylic acids is 1. The Kier molecular flexibility index (Phi) is 2.21. The largest absolute Gasteiger partial charge is 0.393 e. The van der Waals surface area contributed by atoms with Crippen LogP contribution >= 0.6 is 0 Å². The topological polar surface area (TPSA) is 40.5 Å². The van der Waals surface area contributed by atoms with Crippen molar-refractivity contribution in [3.8, 4) is 0 Å². The van der Waals surface area contributed by atoms with E-state index in [0.717, 1.165) is 0 Å². The van der Waals surface area contributed by atoms with Gasteiger partial charge in [0.25, 0.3) is 5.92 Å². The fourth-order valence-corrected chi connectivity index (χ4v) is 1.79. The van der Waals surface area contributed by atoms with E-state index >= 15 is 0 Å². The number of amides is 1. The molecule has 14 heavy (non-hydrogen) atoms. The zero-order valence-corrected chi connectivity index (χ0v) is 7.75. The number of aliphatic hydroxyl groups excluding tert-OH is 1. The molecule has 1 atom stereocenters. The molecule has 0 radical (unpaired) electrons. The van der Waals surface area contributed by atoms with Gasteiger partial charge in [-0.2, -0.15) is 0 Å². The van der Waals surface area contributed by atoms with Gasteiger partial charge in [0.05, 0.1) is 6.10 Å². The number of nitrogens with zero attached hydrogens (tertiary/aromatic N) is 1. The predicted molar refractivity (Wildman–Crippen MR) is 44.9 cm³/mol. The van der Waals surface area contributed by atoms with Gasteiger partial charge in [-0.15, -0.1) is 0 Å². The van der Waals surface area contributed by atoms with E-state index in [2.05, 4.69) is 0 Å². The lowest BCUT2D eigenvalue weighted by Gasteiger charge is -2.29. The second kappa shape index (κ2) is 3.15. The van der Waals surface area contributed by atoms with Crippen LogP contribution in [0.2, 0.25) is 0 Å². The van der Waals surface area contributed by atoms with Gasteiger partial charge in [-0.1, -0.05) is 0 Å². The number of carbonyl (C=O) groups is 1. The van der Waals surface area contributed by atoms with E-state index in [1.54, 1.807) is 0 Å². The summed E-state index contributed by atoms with van der Waals surface area (Å²) in [4.78, 5) is 12.9. The minimum Gasteiger partial charge on any atom is -0.393 e. The molecular formula is C9H13F2NO2. The van der Waals surface area contributed by atoms with Gasteiger partial charge >= 0.3 is 0 Å². The van der Waals surface area contributed by atoms with Crippen molar-refractivity contribution in [2.75, 3.05) is 13.1 Å². The number of likely N-dealkylation sites (tertiary alicyclic amines) is 1. The van der Waals surface area contributed by atoms with Crippen LogP contribution in [0.4, 0.5) is 8.78 Å². The molecule has 5 heteroatoms. The summed E-state index contributed by atoms with van der Waals surface area (Å²) < 4.78 is 25.2. The molecule has 1 saturated heterocycles. The summed E-state index contributed by atoms with van der Waals surface area (Å²) in [6, 6.07) is 0. The van der Waals surface area contributed by atoms with E-state index in [1.165, 1.54) is 4.90 Å². The third kappa shape index (κ3) is 1.73. The summed E-state index contributed by atoms with van der Waals surface area (Å²) in [5.41, 5.74) is 0. The summed E-state index contributed by atoms with van der Waals surface area (Å²) in [6.45, 7) is 0.819. The van der Waals surface area contributed by atoms with E-state index in [1.807, 2.05) is 0 Å². The SMILES string of the molecule is O=C(C1CC1(F)F)N1CCC(O)CC1. The minimum absolute atomic E-state index is 0.301. The first-order chi connectivity index (χ1) is 6.50. The van der Waals surface area contributed by atoms with Gasteiger partial charge < -0.3 is 10.0 Å². The van der Waals surface area contributed by atoms with Gasteiger partial charge in [0.15, 0.2) is 0 Å². The smallest absolute Gasteiger partial charge is 0.260 e. The van der Waals surface area contributed by atoms with Crippen molar-refractivity contribution in [3.63, 3.8) is 0 Å². The number of rotatable bonds is 1.